The SMILES string of the molecule is C=C(CCC)c1c(N)sc2c1CCC(C)(C)C2. The summed E-state index contributed by atoms with van der Waals surface area (Å²) in [5.74, 6) is 0. The number of hydrogen-bond donors (Lipinski definition) is 1. The molecule has 2 N–H and O–H groups in total. The van der Waals surface area contributed by atoms with Gasteiger partial charge in [0.15, 0.2) is 0 Å². The first-order valence-electron chi connectivity index (χ1n) is 6.53. The van der Waals surface area contributed by atoms with Crippen LogP contribution in [0.4, 0.5) is 5.00 Å². The molecule has 0 atom stereocenters. The highest BCUT2D eigenvalue weighted by atomic mass is 32.1. The number of rotatable bonds is 3. The zero-order valence-electron chi connectivity index (χ0n) is 11.2. The molecular formula is C15H23NS. The number of thiophene rings is 1. The van der Waals surface area contributed by atoms with Crippen LogP contribution in [0, 0.1) is 5.41 Å². The molecule has 1 heterocycles. The van der Waals surface area contributed by atoms with Crippen LogP contribution < -0.4 is 5.73 Å². The van der Waals surface area contributed by atoms with Gasteiger partial charge in [0, 0.05) is 10.4 Å². The molecule has 1 aliphatic rings. The Morgan fingerprint density at radius 2 is 2.18 bits per heavy atom. The zero-order valence-corrected chi connectivity index (χ0v) is 12.0. The first kappa shape index (κ1) is 12.7. The fourth-order valence-corrected chi connectivity index (χ4v) is 4.17. The molecule has 0 unspecified atom stereocenters. The van der Waals surface area contributed by atoms with Crippen molar-refractivity contribution in [3.05, 3.63) is 22.6 Å². The van der Waals surface area contributed by atoms with Crippen LogP contribution in [0.15, 0.2) is 6.58 Å². The summed E-state index contributed by atoms with van der Waals surface area (Å²) in [5.41, 5.74) is 10.7. The number of nitrogen functional groups attached to an aromatic ring is 1. The number of anilines is 1. The van der Waals surface area contributed by atoms with Gasteiger partial charge in [-0.3, -0.25) is 0 Å². The quantitative estimate of drug-likeness (QED) is 0.828. The van der Waals surface area contributed by atoms with E-state index in [1.54, 1.807) is 11.3 Å². The Labute approximate surface area is 109 Å². The molecule has 1 aliphatic carbocycles. The van der Waals surface area contributed by atoms with Crippen molar-refractivity contribution in [1.82, 2.24) is 0 Å². The van der Waals surface area contributed by atoms with Crippen LogP contribution in [0.1, 0.15) is 56.0 Å². The summed E-state index contributed by atoms with van der Waals surface area (Å²) in [6.45, 7) is 11.1. The molecule has 0 spiro atoms. The monoisotopic (exact) mass is 249 g/mol. The fourth-order valence-electron chi connectivity index (χ4n) is 2.74. The molecule has 2 heteroatoms. The predicted molar refractivity (Wildman–Crippen MR) is 78.5 cm³/mol. The van der Waals surface area contributed by atoms with Gasteiger partial charge >= 0.3 is 0 Å². The molecule has 1 aromatic heterocycles. The van der Waals surface area contributed by atoms with E-state index in [0.29, 0.717) is 5.41 Å². The van der Waals surface area contributed by atoms with Crippen LogP contribution in [-0.4, -0.2) is 0 Å². The Morgan fingerprint density at radius 3 is 2.82 bits per heavy atom. The van der Waals surface area contributed by atoms with E-state index in [1.165, 1.54) is 40.8 Å². The molecule has 2 rings (SSSR count). The largest absolute Gasteiger partial charge is 0.390 e. The van der Waals surface area contributed by atoms with Crippen molar-refractivity contribution in [3.8, 4) is 0 Å². The van der Waals surface area contributed by atoms with Gasteiger partial charge in [-0.25, -0.2) is 0 Å². The number of allylic oxidation sites excluding steroid dienone is 1. The standard InChI is InChI=1S/C15H23NS/c1-5-6-10(2)13-11-7-8-15(3,4)9-12(11)17-14(13)16/h2,5-9,16H2,1,3-4H3. The second kappa shape index (κ2) is 4.49. The Balaban J connectivity index is 2.37. The van der Waals surface area contributed by atoms with Crippen LogP contribution >= 0.6 is 11.3 Å². The number of hydrogen-bond acceptors (Lipinski definition) is 2. The van der Waals surface area contributed by atoms with E-state index in [9.17, 15) is 0 Å². The van der Waals surface area contributed by atoms with E-state index in [-0.39, 0.29) is 0 Å². The summed E-state index contributed by atoms with van der Waals surface area (Å²) < 4.78 is 0. The maximum absolute atomic E-state index is 6.20. The van der Waals surface area contributed by atoms with Gasteiger partial charge < -0.3 is 5.73 Å². The molecule has 17 heavy (non-hydrogen) atoms. The summed E-state index contributed by atoms with van der Waals surface area (Å²) in [7, 11) is 0. The van der Waals surface area contributed by atoms with E-state index >= 15 is 0 Å². The zero-order chi connectivity index (χ0) is 12.6. The van der Waals surface area contributed by atoms with Crippen molar-refractivity contribution >= 4 is 21.9 Å². The van der Waals surface area contributed by atoms with Crippen molar-refractivity contribution in [2.75, 3.05) is 5.73 Å². The highest BCUT2D eigenvalue weighted by Crippen LogP contribution is 2.45. The minimum atomic E-state index is 0.438. The van der Waals surface area contributed by atoms with Crippen LogP contribution in [0.25, 0.3) is 5.57 Å². The van der Waals surface area contributed by atoms with Crippen LogP contribution in [0.5, 0.6) is 0 Å². The topological polar surface area (TPSA) is 26.0 Å². The van der Waals surface area contributed by atoms with Gasteiger partial charge in [-0.05, 0) is 42.2 Å². The van der Waals surface area contributed by atoms with E-state index in [4.69, 9.17) is 5.73 Å². The average Bonchev–Trinajstić information content (AvgIpc) is 2.51. The lowest BCUT2D eigenvalue weighted by molar-refractivity contribution is 0.319. The van der Waals surface area contributed by atoms with Crippen LogP contribution in [-0.2, 0) is 12.8 Å². The molecule has 0 aromatic carbocycles. The smallest absolute Gasteiger partial charge is 0.0938 e. The third-order valence-electron chi connectivity index (χ3n) is 3.71. The van der Waals surface area contributed by atoms with Gasteiger partial charge in [-0.2, -0.15) is 0 Å². The lowest BCUT2D eigenvalue weighted by atomic mass is 9.76. The summed E-state index contributed by atoms with van der Waals surface area (Å²) in [6, 6.07) is 0. The normalized spacial score (nSPS) is 17.8. The van der Waals surface area contributed by atoms with Gasteiger partial charge in [0.2, 0.25) is 0 Å². The summed E-state index contributed by atoms with van der Waals surface area (Å²) >= 11 is 1.79. The Hall–Kier alpha value is -0.760. The van der Waals surface area contributed by atoms with Crippen molar-refractivity contribution in [2.45, 2.75) is 52.9 Å². The fraction of sp³-hybridized carbons (Fsp3) is 0.600. The molecule has 0 fully saturated rings. The minimum absolute atomic E-state index is 0.438. The molecule has 0 aliphatic heterocycles. The number of nitrogens with two attached hydrogens (primary N) is 1. The summed E-state index contributed by atoms with van der Waals surface area (Å²) in [6.07, 6.45) is 5.83. The van der Waals surface area contributed by atoms with Gasteiger partial charge in [0.25, 0.3) is 0 Å². The highest BCUT2D eigenvalue weighted by Gasteiger charge is 2.29. The van der Waals surface area contributed by atoms with Gasteiger partial charge in [-0.1, -0.05) is 33.8 Å². The van der Waals surface area contributed by atoms with Gasteiger partial charge in [-0.15, -0.1) is 11.3 Å². The van der Waals surface area contributed by atoms with Crippen molar-refractivity contribution < 1.29 is 0 Å². The van der Waals surface area contributed by atoms with Gasteiger partial charge in [0.1, 0.15) is 0 Å². The summed E-state index contributed by atoms with van der Waals surface area (Å²) in [5, 5.41) is 0.992. The highest BCUT2D eigenvalue weighted by molar-refractivity contribution is 7.16. The van der Waals surface area contributed by atoms with E-state index in [2.05, 4.69) is 27.4 Å². The van der Waals surface area contributed by atoms with E-state index < -0.39 is 0 Å². The summed E-state index contributed by atoms with van der Waals surface area (Å²) in [4.78, 5) is 1.51. The average molecular weight is 249 g/mol. The lowest BCUT2D eigenvalue weighted by Gasteiger charge is -2.29. The first-order chi connectivity index (χ1) is 7.94. The molecule has 0 amide bonds. The van der Waals surface area contributed by atoms with Crippen molar-refractivity contribution in [3.63, 3.8) is 0 Å². The molecule has 0 saturated heterocycles. The van der Waals surface area contributed by atoms with Crippen molar-refractivity contribution in [1.29, 1.82) is 0 Å². The van der Waals surface area contributed by atoms with Gasteiger partial charge in [0.05, 0.1) is 5.00 Å². The second-order valence-electron chi connectivity index (χ2n) is 5.94. The second-order valence-corrected chi connectivity index (χ2v) is 7.07. The third-order valence-corrected chi connectivity index (χ3v) is 4.78. The maximum atomic E-state index is 6.20. The lowest BCUT2D eigenvalue weighted by Crippen LogP contribution is -2.21. The molecule has 1 nitrogen and oxygen atoms in total. The van der Waals surface area contributed by atoms with Crippen LogP contribution in [0.2, 0.25) is 0 Å². The molecule has 1 aromatic rings. The van der Waals surface area contributed by atoms with E-state index in [0.717, 1.165) is 17.8 Å². The Bertz CT molecular complexity index is 440. The van der Waals surface area contributed by atoms with E-state index in [1.807, 2.05) is 0 Å². The first-order valence-corrected chi connectivity index (χ1v) is 7.34. The Kier molecular flexibility index (Phi) is 3.35. The molecule has 0 saturated carbocycles. The molecule has 0 bridgehead atoms. The predicted octanol–water partition coefficient (Wildman–Crippen LogP) is 4.66. The maximum Gasteiger partial charge on any atom is 0.0938 e. The Morgan fingerprint density at radius 1 is 1.47 bits per heavy atom. The van der Waals surface area contributed by atoms with Crippen LogP contribution in [0.3, 0.4) is 0 Å². The minimum Gasteiger partial charge on any atom is -0.390 e. The molecular weight excluding hydrogens is 226 g/mol. The molecule has 0 radical (unpaired) electrons. The van der Waals surface area contributed by atoms with Crippen molar-refractivity contribution in [2.24, 2.45) is 5.41 Å². The third kappa shape index (κ3) is 2.42. The molecule has 94 valence electrons. The number of fused-ring (bicyclic) bond motifs is 1.